The van der Waals surface area contributed by atoms with Crippen molar-refractivity contribution in [1.29, 1.82) is 0 Å². The summed E-state index contributed by atoms with van der Waals surface area (Å²) in [4.78, 5) is 17.3. The number of fused-ring (bicyclic) bond motifs is 1. The van der Waals surface area contributed by atoms with Gasteiger partial charge in [0, 0.05) is 41.7 Å². The van der Waals surface area contributed by atoms with Crippen molar-refractivity contribution in [1.82, 2.24) is 20.1 Å². The molecule has 4 aromatic rings. The monoisotopic (exact) mass is 467 g/mol. The van der Waals surface area contributed by atoms with Crippen molar-refractivity contribution in [2.24, 2.45) is 4.99 Å². The van der Waals surface area contributed by atoms with E-state index in [0.717, 1.165) is 70.3 Å². The van der Waals surface area contributed by atoms with Gasteiger partial charge in [0.05, 0.1) is 17.8 Å². The van der Waals surface area contributed by atoms with Crippen LogP contribution in [0.3, 0.4) is 0 Å². The van der Waals surface area contributed by atoms with Crippen molar-refractivity contribution >= 4 is 45.8 Å². The predicted octanol–water partition coefficient (Wildman–Crippen LogP) is 5.01. The molecular weight excluding hydrogens is 438 g/mol. The fourth-order valence-corrected chi connectivity index (χ4v) is 4.23. The Labute approximate surface area is 204 Å². The standard InChI is InChI=1S/C27H29N7O/c1-4-34-16-17(2)13-25(34)27(35)31-23-14-19(6-5-18(23)3)30-20-7-8-21-22(32-33-24(21)15-20)9-10-26-28-11-12-29-26/h5-10,13-16,30H,4,11-12H2,1-3H3,(H,28,29)(H,31,35)(H,32,33). The fraction of sp³-hybridized carbons (Fsp3) is 0.222. The molecule has 2 aromatic carbocycles. The molecule has 0 saturated carbocycles. The number of aromatic amines is 1. The highest BCUT2D eigenvalue weighted by molar-refractivity contribution is 6.04. The largest absolute Gasteiger partial charge is 0.369 e. The van der Waals surface area contributed by atoms with E-state index in [4.69, 9.17) is 0 Å². The topological polar surface area (TPSA) is 99.1 Å². The molecular formula is C27H29N7O. The molecule has 1 aliphatic heterocycles. The zero-order valence-corrected chi connectivity index (χ0v) is 20.1. The first-order chi connectivity index (χ1) is 17.0. The molecule has 0 bridgehead atoms. The molecule has 1 aliphatic rings. The van der Waals surface area contributed by atoms with Gasteiger partial charge in [-0.1, -0.05) is 6.07 Å². The summed E-state index contributed by atoms with van der Waals surface area (Å²) >= 11 is 0. The molecule has 0 radical (unpaired) electrons. The van der Waals surface area contributed by atoms with Crippen LogP contribution in [0.5, 0.6) is 0 Å². The van der Waals surface area contributed by atoms with Crippen molar-refractivity contribution in [3.05, 3.63) is 77.3 Å². The van der Waals surface area contributed by atoms with E-state index in [1.807, 2.05) is 86.2 Å². The average molecular weight is 468 g/mol. The van der Waals surface area contributed by atoms with E-state index in [0.29, 0.717) is 5.69 Å². The molecule has 8 heteroatoms. The van der Waals surface area contributed by atoms with Gasteiger partial charge in [-0.05, 0) is 80.4 Å². The molecule has 1 amide bonds. The molecule has 178 valence electrons. The SMILES string of the molecule is CCn1cc(C)cc1C(=O)Nc1cc(Nc2ccc3c(C=CC4=NCCN4)n[nH]c3c2)ccc1C. The normalized spacial score (nSPS) is 13.3. The third-order valence-corrected chi connectivity index (χ3v) is 6.07. The Morgan fingerprint density at radius 1 is 1.11 bits per heavy atom. The van der Waals surface area contributed by atoms with Gasteiger partial charge in [0.1, 0.15) is 11.5 Å². The summed E-state index contributed by atoms with van der Waals surface area (Å²) in [6.45, 7) is 8.45. The van der Waals surface area contributed by atoms with Gasteiger partial charge in [-0.25, -0.2) is 0 Å². The molecule has 0 atom stereocenters. The summed E-state index contributed by atoms with van der Waals surface area (Å²) in [5.74, 6) is 0.776. The van der Waals surface area contributed by atoms with Crippen LogP contribution in [0.4, 0.5) is 17.1 Å². The number of nitrogens with one attached hydrogen (secondary N) is 4. The number of amides is 1. The molecule has 0 saturated heterocycles. The fourth-order valence-electron chi connectivity index (χ4n) is 4.23. The lowest BCUT2D eigenvalue weighted by Gasteiger charge is -2.13. The van der Waals surface area contributed by atoms with Gasteiger partial charge in [0.15, 0.2) is 0 Å². The van der Waals surface area contributed by atoms with Crippen molar-refractivity contribution < 1.29 is 4.79 Å². The molecule has 5 rings (SSSR count). The van der Waals surface area contributed by atoms with Gasteiger partial charge in [0.2, 0.25) is 0 Å². The van der Waals surface area contributed by atoms with Crippen molar-refractivity contribution in [3.63, 3.8) is 0 Å². The molecule has 0 spiro atoms. The second-order valence-electron chi connectivity index (χ2n) is 8.69. The molecule has 0 unspecified atom stereocenters. The Balaban J connectivity index is 1.33. The van der Waals surface area contributed by atoms with E-state index in [1.165, 1.54) is 0 Å². The molecule has 8 nitrogen and oxygen atoms in total. The zero-order valence-electron chi connectivity index (χ0n) is 20.1. The first-order valence-corrected chi connectivity index (χ1v) is 11.8. The van der Waals surface area contributed by atoms with Gasteiger partial charge in [-0.3, -0.25) is 14.9 Å². The van der Waals surface area contributed by atoms with E-state index in [2.05, 4.69) is 31.1 Å². The second-order valence-corrected chi connectivity index (χ2v) is 8.69. The maximum Gasteiger partial charge on any atom is 0.272 e. The zero-order chi connectivity index (χ0) is 24.4. The van der Waals surface area contributed by atoms with E-state index < -0.39 is 0 Å². The third kappa shape index (κ3) is 4.82. The third-order valence-electron chi connectivity index (χ3n) is 6.07. The van der Waals surface area contributed by atoms with Crippen LogP contribution < -0.4 is 16.0 Å². The summed E-state index contributed by atoms with van der Waals surface area (Å²) < 4.78 is 1.96. The highest BCUT2D eigenvalue weighted by Gasteiger charge is 2.14. The number of aliphatic imine (C=N–C) groups is 1. The van der Waals surface area contributed by atoms with Crippen molar-refractivity contribution in [3.8, 4) is 0 Å². The molecule has 3 heterocycles. The van der Waals surface area contributed by atoms with Crippen LogP contribution in [0.25, 0.3) is 17.0 Å². The highest BCUT2D eigenvalue weighted by atomic mass is 16.1. The van der Waals surface area contributed by atoms with Crippen molar-refractivity contribution in [2.45, 2.75) is 27.3 Å². The number of hydrogen-bond donors (Lipinski definition) is 4. The minimum Gasteiger partial charge on any atom is -0.369 e. The van der Waals surface area contributed by atoms with Gasteiger partial charge in [0.25, 0.3) is 5.91 Å². The number of amidine groups is 1. The van der Waals surface area contributed by atoms with E-state index >= 15 is 0 Å². The summed E-state index contributed by atoms with van der Waals surface area (Å²) in [7, 11) is 0. The lowest BCUT2D eigenvalue weighted by Crippen LogP contribution is -2.17. The first-order valence-electron chi connectivity index (χ1n) is 11.8. The quantitative estimate of drug-likeness (QED) is 0.307. The average Bonchev–Trinajstić information content (AvgIpc) is 3.59. The summed E-state index contributed by atoms with van der Waals surface area (Å²) in [5, 5.41) is 18.3. The van der Waals surface area contributed by atoms with Gasteiger partial charge in [-0.15, -0.1) is 0 Å². The Morgan fingerprint density at radius 2 is 1.94 bits per heavy atom. The Hall–Kier alpha value is -4.33. The van der Waals surface area contributed by atoms with Crippen LogP contribution in [0.1, 0.15) is 34.2 Å². The number of aryl methyl sites for hydroxylation is 3. The minimum absolute atomic E-state index is 0.113. The Morgan fingerprint density at radius 3 is 2.74 bits per heavy atom. The van der Waals surface area contributed by atoms with Crippen LogP contribution >= 0.6 is 0 Å². The number of nitrogens with zero attached hydrogens (tertiary/aromatic N) is 3. The summed E-state index contributed by atoms with van der Waals surface area (Å²) in [5.41, 5.74) is 7.13. The van der Waals surface area contributed by atoms with Crippen LogP contribution in [-0.4, -0.2) is 39.6 Å². The van der Waals surface area contributed by atoms with Crippen LogP contribution in [-0.2, 0) is 6.54 Å². The maximum absolute atomic E-state index is 12.9. The second kappa shape index (κ2) is 9.50. The predicted molar refractivity (Wildman–Crippen MR) is 143 cm³/mol. The molecule has 0 fully saturated rings. The lowest BCUT2D eigenvalue weighted by molar-refractivity contribution is 0.101. The maximum atomic E-state index is 12.9. The van der Waals surface area contributed by atoms with Gasteiger partial charge >= 0.3 is 0 Å². The smallest absolute Gasteiger partial charge is 0.272 e. The number of H-pyrrole nitrogens is 1. The highest BCUT2D eigenvalue weighted by Crippen LogP contribution is 2.27. The molecule has 0 aliphatic carbocycles. The number of aromatic nitrogens is 3. The number of anilines is 3. The number of carbonyl (C=O) groups is 1. The number of carbonyl (C=O) groups excluding carboxylic acids is 1. The summed E-state index contributed by atoms with van der Waals surface area (Å²) in [6.07, 6.45) is 5.91. The van der Waals surface area contributed by atoms with Crippen LogP contribution in [0.2, 0.25) is 0 Å². The van der Waals surface area contributed by atoms with Gasteiger partial charge in [-0.2, -0.15) is 5.10 Å². The van der Waals surface area contributed by atoms with Crippen LogP contribution in [0.15, 0.2) is 59.7 Å². The molecule has 2 aromatic heterocycles. The van der Waals surface area contributed by atoms with E-state index in [9.17, 15) is 4.79 Å². The number of benzene rings is 2. The summed E-state index contributed by atoms with van der Waals surface area (Å²) in [6, 6.07) is 14.0. The first kappa shape index (κ1) is 22.5. The number of hydrogen-bond acceptors (Lipinski definition) is 5. The molecule has 35 heavy (non-hydrogen) atoms. The molecule has 4 N–H and O–H groups in total. The number of rotatable bonds is 7. The lowest BCUT2D eigenvalue weighted by atomic mass is 10.1. The van der Waals surface area contributed by atoms with Crippen molar-refractivity contribution in [2.75, 3.05) is 23.7 Å². The minimum atomic E-state index is -0.113. The van der Waals surface area contributed by atoms with E-state index in [-0.39, 0.29) is 5.91 Å². The van der Waals surface area contributed by atoms with Crippen LogP contribution in [0, 0.1) is 13.8 Å². The van der Waals surface area contributed by atoms with Gasteiger partial charge < -0.3 is 20.5 Å². The van der Waals surface area contributed by atoms with E-state index in [1.54, 1.807) is 0 Å². The Bertz CT molecular complexity index is 1460. The Kier molecular flexibility index (Phi) is 6.10.